The average Bonchev–Trinajstić information content (AvgIpc) is 3.14. The van der Waals surface area contributed by atoms with Gasteiger partial charge in [-0.05, 0) is 48.5 Å². The molecule has 1 unspecified atom stereocenters. The summed E-state index contributed by atoms with van der Waals surface area (Å²) in [6, 6.07) is 0.844. The standard InChI is InChI=1S/C18H39NOSi/c1-9-19(10-2)18-13-17(18)11-12-20-21(14(3)4,15(5)6)16(7)8/h14-18H,9-13H2,1-8H3/t17?,18-/m0/s1. The minimum Gasteiger partial charge on any atom is -0.416 e. The van der Waals surface area contributed by atoms with E-state index in [1.54, 1.807) is 0 Å². The quantitative estimate of drug-likeness (QED) is 0.507. The maximum atomic E-state index is 6.68. The molecule has 0 heterocycles. The lowest BCUT2D eigenvalue weighted by Gasteiger charge is -2.42. The Morgan fingerprint density at radius 2 is 1.43 bits per heavy atom. The van der Waals surface area contributed by atoms with Crippen LogP contribution in [0, 0.1) is 5.92 Å². The van der Waals surface area contributed by atoms with E-state index in [0.717, 1.165) is 18.6 Å². The maximum Gasteiger partial charge on any atom is 0.200 e. The van der Waals surface area contributed by atoms with Crippen LogP contribution in [0.25, 0.3) is 0 Å². The van der Waals surface area contributed by atoms with Gasteiger partial charge in [-0.25, -0.2) is 0 Å². The third-order valence-corrected chi connectivity index (χ3v) is 11.8. The molecule has 0 aliphatic heterocycles. The lowest BCUT2D eigenvalue weighted by molar-refractivity contribution is 0.242. The van der Waals surface area contributed by atoms with Gasteiger partial charge in [-0.3, -0.25) is 0 Å². The van der Waals surface area contributed by atoms with E-state index in [1.807, 2.05) is 0 Å². The summed E-state index contributed by atoms with van der Waals surface area (Å²) in [6.07, 6.45) is 2.66. The smallest absolute Gasteiger partial charge is 0.200 e. The summed E-state index contributed by atoms with van der Waals surface area (Å²) in [4.78, 5) is 2.61. The van der Waals surface area contributed by atoms with Crippen LogP contribution < -0.4 is 0 Å². The Morgan fingerprint density at radius 1 is 0.952 bits per heavy atom. The van der Waals surface area contributed by atoms with Crippen LogP contribution in [0.2, 0.25) is 16.6 Å². The number of rotatable bonds is 10. The maximum absolute atomic E-state index is 6.68. The third kappa shape index (κ3) is 4.32. The second kappa shape index (κ2) is 8.12. The molecule has 1 fully saturated rings. The van der Waals surface area contributed by atoms with Crippen molar-refractivity contribution in [3.05, 3.63) is 0 Å². The molecule has 126 valence electrons. The van der Waals surface area contributed by atoms with Gasteiger partial charge in [0.2, 0.25) is 0 Å². The minimum atomic E-state index is -1.65. The summed E-state index contributed by atoms with van der Waals surface area (Å²) < 4.78 is 6.68. The average molecular weight is 314 g/mol. The highest BCUT2D eigenvalue weighted by atomic mass is 28.4. The number of nitrogens with zero attached hydrogens (tertiary/aromatic N) is 1. The van der Waals surface area contributed by atoms with E-state index < -0.39 is 8.32 Å². The largest absolute Gasteiger partial charge is 0.416 e. The van der Waals surface area contributed by atoms with Crippen LogP contribution in [0.5, 0.6) is 0 Å². The van der Waals surface area contributed by atoms with Crippen LogP contribution in [0.4, 0.5) is 0 Å². The zero-order chi connectivity index (χ0) is 16.2. The van der Waals surface area contributed by atoms with Crippen molar-refractivity contribution in [2.75, 3.05) is 19.7 Å². The van der Waals surface area contributed by atoms with Crippen molar-refractivity contribution < 1.29 is 4.43 Å². The molecule has 3 heteroatoms. The Bertz CT molecular complexity index is 278. The first-order valence-electron chi connectivity index (χ1n) is 9.19. The first-order chi connectivity index (χ1) is 9.81. The lowest BCUT2D eigenvalue weighted by Crippen LogP contribution is -2.48. The van der Waals surface area contributed by atoms with E-state index in [2.05, 4.69) is 60.3 Å². The van der Waals surface area contributed by atoms with E-state index in [-0.39, 0.29) is 0 Å². The molecule has 0 saturated heterocycles. The van der Waals surface area contributed by atoms with Crippen LogP contribution in [0.1, 0.15) is 68.2 Å². The van der Waals surface area contributed by atoms with Crippen molar-refractivity contribution in [1.29, 1.82) is 0 Å². The molecule has 0 aromatic carbocycles. The molecule has 2 nitrogen and oxygen atoms in total. The van der Waals surface area contributed by atoms with Gasteiger partial charge in [-0.1, -0.05) is 55.4 Å². The molecule has 1 aliphatic carbocycles. The molecule has 1 rings (SSSR count). The van der Waals surface area contributed by atoms with Gasteiger partial charge in [0.05, 0.1) is 0 Å². The van der Waals surface area contributed by atoms with Crippen LogP contribution >= 0.6 is 0 Å². The van der Waals surface area contributed by atoms with Crippen molar-refractivity contribution in [2.24, 2.45) is 5.92 Å². The van der Waals surface area contributed by atoms with Gasteiger partial charge >= 0.3 is 0 Å². The van der Waals surface area contributed by atoms with E-state index in [4.69, 9.17) is 4.43 Å². The Morgan fingerprint density at radius 3 is 1.81 bits per heavy atom. The van der Waals surface area contributed by atoms with Gasteiger partial charge in [0.15, 0.2) is 8.32 Å². The van der Waals surface area contributed by atoms with Crippen molar-refractivity contribution in [1.82, 2.24) is 4.90 Å². The molecule has 0 bridgehead atoms. The fourth-order valence-electron chi connectivity index (χ4n) is 4.57. The van der Waals surface area contributed by atoms with E-state index in [9.17, 15) is 0 Å². The highest BCUT2D eigenvalue weighted by Gasteiger charge is 2.46. The minimum absolute atomic E-state index is 0.704. The summed E-state index contributed by atoms with van der Waals surface area (Å²) >= 11 is 0. The summed E-state index contributed by atoms with van der Waals surface area (Å²) in [6.45, 7) is 22.2. The molecule has 1 aliphatic rings. The molecular weight excluding hydrogens is 274 g/mol. The third-order valence-electron chi connectivity index (χ3n) is 5.71. The molecule has 1 saturated carbocycles. The zero-order valence-electron chi connectivity index (χ0n) is 15.8. The molecule has 0 N–H and O–H groups in total. The second-order valence-corrected chi connectivity index (χ2v) is 13.2. The fourth-order valence-corrected chi connectivity index (χ4v) is 10.0. The Hall–Kier alpha value is 0.137. The second-order valence-electron chi connectivity index (χ2n) is 7.74. The van der Waals surface area contributed by atoms with Crippen LogP contribution in [0.15, 0.2) is 0 Å². The van der Waals surface area contributed by atoms with Gasteiger partial charge in [-0.2, -0.15) is 0 Å². The highest BCUT2D eigenvalue weighted by Crippen LogP contribution is 2.43. The molecule has 0 amide bonds. The SMILES string of the molecule is CCN(CC)[C@H]1CC1CCO[Si](C(C)C)(C(C)C)C(C)C. The topological polar surface area (TPSA) is 12.5 Å². The summed E-state index contributed by atoms with van der Waals surface area (Å²) in [5.41, 5.74) is 2.11. The van der Waals surface area contributed by atoms with Crippen LogP contribution in [-0.4, -0.2) is 39.0 Å². The van der Waals surface area contributed by atoms with Gasteiger partial charge in [-0.15, -0.1) is 0 Å². The highest BCUT2D eigenvalue weighted by molar-refractivity contribution is 6.77. The molecule has 0 radical (unpaired) electrons. The molecule has 0 aromatic heterocycles. The van der Waals surface area contributed by atoms with Crippen molar-refractivity contribution >= 4 is 8.32 Å². The lowest BCUT2D eigenvalue weighted by atomic mass is 10.3. The summed E-state index contributed by atoms with van der Waals surface area (Å²) in [7, 11) is -1.65. The monoisotopic (exact) mass is 313 g/mol. The van der Waals surface area contributed by atoms with E-state index >= 15 is 0 Å². The normalized spacial score (nSPS) is 22.9. The Balaban J connectivity index is 2.49. The van der Waals surface area contributed by atoms with Gasteiger partial charge in [0, 0.05) is 12.6 Å². The van der Waals surface area contributed by atoms with Gasteiger partial charge in [0.1, 0.15) is 0 Å². The molecule has 21 heavy (non-hydrogen) atoms. The van der Waals surface area contributed by atoms with Crippen LogP contribution in [-0.2, 0) is 4.43 Å². The number of hydrogen-bond acceptors (Lipinski definition) is 2. The van der Waals surface area contributed by atoms with E-state index in [1.165, 1.54) is 25.9 Å². The summed E-state index contributed by atoms with van der Waals surface area (Å²) in [5, 5.41) is 0. The molecule has 2 atom stereocenters. The molecule has 0 aromatic rings. The van der Waals surface area contributed by atoms with Gasteiger partial charge in [0.25, 0.3) is 0 Å². The number of hydrogen-bond donors (Lipinski definition) is 0. The zero-order valence-corrected chi connectivity index (χ0v) is 16.8. The fraction of sp³-hybridized carbons (Fsp3) is 1.00. The van der Waals surface area contributed by atoms with Crippen molar-refractivity contribution in [3.8, 4) is 0 Å². The predicted molar refractivity (Wildman–Crippen MR) is 96.4 cm³/mol. The van der Waals surface area contributed by atoms with Crippen molar-refractivity contribution in [3.63, 3.8) is 0 Å². The first-order valence-corrected chi connectivity index (χ1v) is 11.3. The molecule has 0 spiro atoms. The predicted octanol–water partition coefficient (Wildman–Crippen LogP) is 5.30. The molecular formula is C18H39NOSi. The Labute approximate surface area is 134 Å². The Kier molecular flexibility index (Phi) is 7.42. The first kappa shape index (κ1) is 19.2. The van der Waals surface area contributed by atoms with E-state index in [0.29, 0.717) is 16.6 Å². The van der Waals surface area contributed by atoms with Gasteiger partial charge < -0.3 is 9.33 Å². The van der Waals surface area contributed by atoms with Crippen molar-refractivity contribution in [2.45, 2.75) is 90.9 Å². The summed E-state index contributed by atoms with van der Waals surface area (Å²) in [5.74, 6) is 0.892. The van der Waals surface area contributed by atoms with Crippen LogP contribution in [0.3, 0.4) is 0 Å².